The molecule has 4 nitrogen and oxygen atoms in total. The number of aromatic nitrogens is 2. The Balaban J connectivity index is 1.00. The summed E-state index contributed by atoms with van der Waals surface area (Å²) in [6.07, 6.45) is 0. The van der Waals surface area contributed by atoms with Crippen LogP contribution in [0, 0.1) is 0 Å². The number of hydrogen-bond donors (Lipinski definition) is 0. The quantitative estimate of drug-likeness (QED) is 0.163. The molecule has 5 heteroatoms. The summed E-state index contributed by atoms with van der Waals surface area (Å²) in [5.74, 6) is 0. The maximum absolute atomic E-state index is 2.63. The maximum atomic E-state index is 2.63. The molecule has 6 heterocycles. The molecule has 11 aromatic carbocycles. The van der Waals surface area contributed by atoms with E-state index in [1.54, 1.807) is 0 Å². The predicted octanol–water partition coefficient (Wildman–Crippen LogP) is 20.6. The Hall–Kier alpha value is -9.32. The Kier molecular flexibility index (Phi) is 10.6. The van der Waals surface area contributed by atoms with Crippen LogP contribution in [0.15, 0.2) is 212 Å². The number of anilines is 6. The molecule has 15 aromatic rings. The summed E-state index contributed by atoms with van der Waals surface area (Å²) in [6, 6.07) is 82.3. The van der Waals surface area contributed by atoms with Crippen LogP contribution >= 0.6 is 0 Å². The van der Waals surface area contributed by atoms with Crippen molar-refractivity contribution < 1.29 is 0 Å². The van der Waals surface area contributed by atoms with Gasteiger partial charge < -0.3 is 18.6 Å². The van der Waals surface area contributed by atoms with Crippen LogP contribution in [-0.2, 0) is 21.7 Å². The largest absolute Gasteiger partial charge is 0.311 e. The highest BCUT2D eigenvalue weighted by atomic mass is 15.2. The molecule has 0 atom stereocenters. The first-order chi connectivity index (χ1) is 41.7. The van der Waals surface area contributed by atoms with Gasteiger partial charge in [0.2, 0.25) is 0 Å². The topological polar surface area (TPSA) is 15.3 Å². The molecule has 0 radical (unpaired) electrons. The zero-order valence-electron chi connectivity index (χ0n) is 52.1. The lowest BCUT2D eigenvalue weighted by atomic mass is 9.33. The number of benzene rings is 11. The minimum Gasteiger partial charge on any atom is -0.311 e. The van der Waals surface area contributed by atoms with Gasteiger partial charge >= 0.3 is 0 Å². The summed E-state index contributed by atoms with van der Waals surface area (Å²) < 4.78 is 5.21. The summed E-state index contributed by atoms with van der Waals surface area (Å²) in [4.78, 5) is 5.19. The summed E-state index contributed by atoms with van der Waals surface area (Å²) >= 11 is 0. The standard InChI is InChI=1S/C82H71BN4/c1-79(2,3)52-30-36-68-58(38-52)62-40-54(81(7,8)9)42-64-60-44-66-74(46-72(60)86(68)77(62)64)84(56-32-26-50(27-33-56)48-20-15-13-16-21-48)70-24-19-25-71-76(70)83(66)67-45-61-65-43-55(82(10,11)12)41-63-59-39-53(80(4,5)6)31-37-69(59)87(78(63)65)73(61)47-75(67)85(71)57-34-28-51(29-35-57)49-22-17-14-18-23-49/h13-47H,1-12H3. The summed E-state index contributed by atoms with van der Waals surface area (Å²) in [7, 11) is 0. The minimum absolute atomic E-state index is 0.00370. The molecule has 0 saturated heterocycles. The zero-order chi connectivity index (χ0) is 59.5. The molecule has 0 bridgehead atoms. The first-order valence-electron chi connectivity index (χ1n) is 31.4. The minimum atomic E-state index is -0.115. The van der Waals surface area contributed by atoms with E-state index in [-0.39, 0.29) is 28.4 Å². The smallest absolute Gasteiger partial charge is 0.252 e. The molecule has 4 aromatic heterocycles. The van der Waals surface area contributed by atoms with Crippen LogP contribution in [0.5, 0.6) is 0 Å². The fourth-order valence-corrected chi connectivity index (χ4v) is 15.2. The third-order valence-corrected chi connectivity index (χ3v) is 19.9. The van der Waals surface area contributed by atoms with Crippen LogP contribution in [0.3, 0.4) is 0 Å². The number of hydrogen-bond acceptors (Lipinski definition) is 2. The van der Waals surface area contributed by atoms with E-state index in [2.05, 4.69) is 314 Å². The first kappa shape index (κ1) is 52.0. The Morgan fingerprint density at radius 1 is 0.264 bits per heavy atom. The molecule has 2 aliphatic rings. The van der Waals surface area contributed by atoms with Crippen LogP contribution in [-0.4, -0.2) is 15.5 Å². The van der Waals surface area contributed by atoms with Gasteiger partial charge in [0.15, 0.2) is 0 Å². The van der Waals surface area contributed by atoms with E-state index in [9.17, 15) is 0 Å². The summed E-state index contributed by atoms with van der Waals surface area (Å²) in [5.41, 5.74) is 28.7. The van der Waals surface area contributed by atoms with Gasteiger partial charge in [-0.25, -0.2) is 0 Å². The van der Waals surface area contributed by atoms with E-state index in [1.807, 2.05) is 0 Å². The van der Waals surface area contributed by atoms with Gasteiger partial charge in [0, 0.05) is 77.2 Å². The van der Waals surface area contributed by atoms with Crippen molar-refractivity contribution in [2.45, 2.75) is 105 Å². The number of rotatable bonds is 4. The van der Waals surface area contributed by atoms with E-state index in [0.29, 0.717) is 0 Å². The fraction of sp³-hybridized carbons (Fsp3) is 0.195. The molecule has 0 aliphatic carbocycles. The third-order valence-electron chi connectivity index (χ3n) is 19.9. The fourth-order valence-electron chi connectivity index (χ4n) is 15.2. The molecule has 87 heavy (non-hydrogen) atoms. The normalized spacial score (nSPS) is 13.9. The van der Waals surface area contributed by atoms with Crippen molar-refractivity contribution in [2.75, 3.05) is 9.80 Å². The highest BCUT2D eigenvalue weighted by Gasteiger charge is 2.45. The molecule has 422 valence electrons. The van der Waals surface area contributed by atoms with Crippen LogP contribution < -0.4 is 26.2 Å². The van der Waals surface area contributed by atoms with Gasteiger partial charge in [0.1, 0.15) is 0 Å². The van der Waals surface area contributed by atoms with E-state index >= 15 is 0 Å². The van der Waals surface area contributed by atoms with E-state index in [4.69, 9.17) is 0 Å². The summed E-state index contributed by atoms with van der Waals surface area (Å²) in [5, 5.41) is 10.5. The van der Waals surface area contributed by atoms with Gasteiger partial charge in [-0.1, -0.05) is 198 Å². The molecule has 0 fully saturated rings. The molecule has 0 unspecified atom stereocenters. The van der Waals surface area contributed by atoms with Crippen LogP contribution in [0.2, 0.25) is 0 Å². The van der Waals surface area contributed by atoms with Crippen molar-refractivity contribution in [1.29, 1.82) is 0 Å². The average molecular weight is 1120 g/mol. The molecule has 17 rings (SSSR count). The molecular weight excluding hydrogens is 1050 g/mol. The van der Waals surface area contributed by atoms with Gasteiger partial charge in [-0.2, -0.15) is 0 Å². The Bertz CT molecular complexity index is 5010. The molecule has 0 spiro atoms. The molecule has 0 amide bonds. The van der Waals surface area contributed by atoms with E-state index in [1.165, 1.54) is 160 Å². The summed E-state index contributed by atoms with van der Waals surface area (Å²) in [6.45, 7) is 28.1. The third kappa shape index (κ3) is 7.51. The van der Waals surface area contributed by atoms with Gasteiger partial charge in [-0.3, -0.25) is 0 Å². The van der Waals surface area contributed by atoms with Gasteiger partial charge in [-0.05, 0) is 180 Å². The van der Waals surface area contributed by atoms with Crippen molar-refractivity contribution >= 4 is 133 Å². The van der Waals surface area contributed by atoms with Crippen molar-refractivity contribution in [1.82, 2.24) is 8.80 Å². The lowest BCUT2D eigenvalue weighted by Crippen LogP contribution is -2.61. The van der Waals surface area contributed by atoms with Gasteiger partial charge in [-0.15, -0.1) is 0 Å². The first-order valence-corrected chi connectivity index (χ1v) is 31.4. The second-order valence-electron chi connectivity index (χ2n) is 29.5. The lowest BCUT2D eigenvalue weighted by molar-refractivity contribution is 0.590. The lowest BCUT2D eigenvalue weighted by Gasteiger charge is -2.44. The SMILES string of the molecule is CC(C)(C)c1ccc2c(c1)c1cc(C(C)(C)C)cc3c4cc5c(cc4n2c13)N(c1ccc(-c2ccccc2)cc1)c1cccc2c1B5c1cc3c4cc(C(C)(C)C)cc5c6cc(C(C)(C)C)ccc6n(c3cc1N2c1ccc(-c2ccccc2)cc1)c54. The Morgan fingerprint density at radius 3 is 0.954 bits per heavy atom. The number of fused-ring (bicyclic) bond motifs is 16. The van der Waals surface area contributed by atoms with Crippen LogP contribution in [0.4, 0.5) is 34.1 Å². The van der Waals surface area contributed by atoms with E-state index in [0.717, 1.165) is 11.4 Å². The van der Waals surface area contributed by atoms with Gasteiger partial charge in [0.05, 0.1) is 33.1 Å². The van der Waals surface area contributed by atoms with Crippen molar-refractivity contribution in [2.24, 2.45) is 0 Å². The predicted molar refractivity (Wildman–Crippen MR) is 375 cm³/mol. The highest BCUT2D eigenvalue weighted by molar-refractivity contribution is 7.00. The molecule has 0 saturated carbocycles. The monoisotopic (exact) mass is 1120 g/mol. The Labute approximate surface area is 510 Å². The van der Waals surface area contributed by atoms with Crippen LogP contribution in [0.25, 0.3) is 98.4 Å². The Morgan fingerprint density at radius 2 is 0.598 bits per heavy atom. The highest BCUT2D eigenvalue weighted by Crippen LogP contribution is 2.51. The second kappa shape index (κ2) is 17.7. The van der Waals surface area contributed by atoms with Crippen molar-refractivity contribution in [3.05, 3.63) is 235 Å². The second-order valence-corrected chi connectivity index (χ2v) is 29.5. The van der Waals surface area contributed by atoms with Crippen LogP contribution in [0.1, 0.15) is 105 Å². The van der Waals surface area contributed by atoms with E-state index < -0.39 is 0 Å². The van der Waals surface area contributed by atoms with Gasteiger partial charge in [0.25, 0.3) is 6.71 Å². The maximum Gasteiger partial charge on any atom is 0.252 e. The van der Waals surface area contributed by atoms with Crippen molar-refractivity contribution in [3.8, 4) is 22.3 Å². The number of nitrogens with zero attached hydrogens (tertiary/aromatic N) is 4. The molecule has 0 N–H and O–H groups in total. The zero-order valence-corrected chi connectivity index (χ0v) is 52.1. The molecule has 2 aliphatic heterocycles. The van der Waals surface area contributed by atoms with Crippen molar-refractivity contribution in [3.63, 3.8) is 0 Å². The molecular formula is C82H71BN4. The average Bonchev–Trinajstić information content (AvgIpc) is 1.65.